The molecule has 3 aromatic heterocycles. The summed E-state index contributed by atoms with van der Waals surface area (Å²) < 4.78 is 2.37. The fraction of sp³-hybridized carbons (Fsp3) is 0.345. The molecule has 3 N–H and O–H groups in total. The zero-order valence-corrected chi connectivity index (χ0v) is 21.3. The molecule has 38 heavy (non-hydrogen) atoms. The van der Waals surface area contributed by atoms with Gasteiger partial charge in [-0.3, -0.25) is 4.90 Å². The molecule has 0 spiro atoms. The number of pyridine rings is 1. The molecule has 1 fully saturated rings. The molecule has 0 saturated carbocycles. The number of nitrogens with zero attached hydrogens (tertiary/aromatic N) is 7. The topological polar surface area (TPSA) is 122 Å². The second-order valence-electron chi connectivity index (χ2n) is 10.0. The van der Waals surface area contributed by atoms with Gasteiger partial charge < -0.3 is 15.6 Å². The van der Waals surface area contributed by atoms with E-state index in [0.29, 0.717) is 11.9 Å². The van der Waals surface area contributed by atoms with Crippen LogP contribution in [0.1, 0.15) is 42.9 Å². The van der Waals surface area contributed by atoms with E-state index < -0.39 is 0 Å². The number of rotatable bonds is 6. The average molecular weight is 506 g/mol. The molecule has 6 rings (SSSR count). The maximum Gasteiger partial charge on any atom is 0.234 e. The number of aryl methyl sites for hydroxylation is 1. The lowest BCUT2D eigenvalue weighted by atomic mass is 10.0. The molecule has 2 aliphatic rings. The van der Waals surface area contributed by atoms with Gasteiger partial charge in [-0.25, -0.2) is 19.9 Å². The number of nitriles is 1. The van der Waals surface area contributed by atoms with Crippen molar-refractivity contribution in [1.82, 2.24) is 29.4 Å². The van der Waals surface area contributed by atoms with Crippen LogP contribution in [0.2, 0.25) is 0 Å². The van der Waals surface area contributed by atoms with Gasteiger partial charge in [0.15, 0.2) is 0 Å². The van der Waals surface area contributed by atoms with E-state index >= 15 is 0 Å². The highest BCUT2D eigenvalue weighted by atomic mass is 15.2. The normalized spacial score (nSPS) is 16.1. The van der Waals surface area contributed by atoms with Crippen molar-refractivity contribution in [3.8, 4) is 28.6 Å². The van der Waals surface area contributed by atoms with Crippen LogP contribution in [0.4, 0.5) is 11.6 Å². The van der Waals surface area contributed by atoms with Crippen LogP contribution in [0.5, 0.6) is 0 Å². The lowest BCUT2D eigenvalue weighted by Crippen LogP contribution is -2.38. The molecule has 5 heterocycles. The van der Waals surface area contributed by atoms with Gasteiger partial charge in [0.25, 0.3) is 0 Å². The number of imidazole rings is 1. The summed E-state index contributed by atoms with van der Waals surface area (Å²) in [5.41, 5.74) is 11.7. The maximum atomic E-state index is 9.02. The molecule has 0 amide bonds. The maximum absolute atomic E-state index is 9.02. The highest BCUT2D eigenvalue weighted by Crippen LogP contribution is 2.37. The van der Waals surface area contributed by atoms with Crippen molar-refractivity contribution in [2.24, 2.45) is 0 Å². The molecule has 1 saturated heterocycles. The van der Waals surface area contributed by atoms with Crippen LogP contribution in [0.3, 0.4) is 0 Å². The molecule has 0 unspecified atom stereocenters. The predicted molar refractivity (Wildman–Crippen MR) is 147 cm³/mol. The van der Waals surface area contributed by atoms with Crippen LogP contribution in [-0.2, 0) is 19.5 Å². The number of nitrogens with one attached hydrogen (secondary N) is 1. The zero-order valence-electron chi connectivity index (χ0n) is 21.3. The summed E-state index contributed by atoms with van der Waals surface area (Å²) in [4.78, 5) is 20.0. The number of nitrogen functional groups attached to an aromatic ring is 1. The Balaban J connectivity index is 1.14. The number of fused-ring (bicyclic) bond motifs is 1. The molecule has 9 heteroatoms. The summed E-state index contributed by atoms with van der Waals surface area (Å²) in [5, 5.41) is 12.5. The Morgan fingerprint density at radius 2 is 1.82 bits per heavy atom. The Bertz CT molecular complexity index is 1460. The number of likely N-dealkylation sites (tertiary alicyclic amines) is 1. The molecule has 9 nitrogen and oxygen atoms in total. The minimum absolute atomic E-state index is 0.198. The van der Waals surface area contributed by atoms with Crippen molar-refractivity contribution < 1.29 is 0 Å². The number of aromatic nitrogens is 5. The van der Waals surface area contributed by atoms with E-state index in [1.807, 2.05) is 24.3 Å². The third-order valence-corrected chi connectivity index (χ3v) is 7.50. The van der Waals surface area contributed by atoms with Gasteiger partial charge in [0.1, 0.15) is 29.2 Å². The highest BCUT2D eigenvalue weighted by molar-refractivity contribution is 5.83. The van der Waals surface area contributed by atoms with Gasteiger partial charge in [0.05, 0.1) is 5.69 Å². The largest absolute Gasteiger partial charge is 0.383 e. The second kappa shape index (κ2) is 10.6. The first-order valence-electron chi connectivity index (χ1n) is 13.3. The lowest BCUT2D eigenvalue weighted by molar-refractivity contribution is 0.211. The van der Waals surface area contributed by atoms with E-state index in [-0.39, 0.29) is 5.82 Å². The molecule has 0 bridgehead atoms. The summed E-state index contributed by atoms with van der Waals surface area (Å²) in [6.07, 6.45) is 8.74. The first-order valence-corrected chi connectivity index (χ1v) is 13.3. The van der Waals surface area contributed by atoms with E-state index in [2.05, 4.69) is 54.0 Å². The summed E-state index contributed by atoms with van der Waals surface area (Å²) in [7, 11) is 0. The second-order valence-corrected chi connectivity index (χ2v) is 10.0. The highest BCUT2D eigenvalue weighted by Gasteiger charge is 2.24. The SMILES string of the molecule is N#Cc1nccc(NC2CCN(Cc3ccc(-c4c(-c5cccnc5N)nc5n4CCCC5)cc3)CC2)n1. The van der Waals surface area contributed by atoms with E-state index in [1.165, 1.54) is 12.0 Å². The van der Waals surface area contributed by atoms with Crippen LogP contribution in [0.15, 0.2) is 54.9 Å². The first kappa shape index (κ1) is 24.1. The predicted octanol–water partition coefficient (Wildman–Crippen LogP) is 4.27. The fourth-order valence-electron chi connectivity index (χ4n) is 5.55. The van der Waals surface area contributed by atoms with Crippen LogP contribution in [-0.4, -0.2) is 48.5 Å². The number of anilines is 2. The lowest BCUT2D eigenvalue weighted by Gasteiger charge is -2.32. The van der Waals surface area contributed by atoms with Gasteiger partial charge in [-0.1, -0.05) is 24.3 Å². The van der Waals surface area contributed by atoms with Crippen LogP contribution in [0, 0.1) is 11.3 Å². The number of benzene rings is 1. The third kappa shape index (κ3) is 4.95. The van der Waals surface area contributed by atoms with Gasteiger partial charge in [0.2, 0.25) is 5.82 Å². The van der Waals surface area contributed by atoms with E-state index in [1.54, 1.807) is 12.4 Å². The number of hydrogen-bond donors (Lipinski definition) is 2. The summed E-state index contributed by atoms with van der Waals surface area (Å²) >= 11 is 0. The molecule has 0 aliphatic carbocycles. The van der Waals surface area contributed by atoms with Crippen molar-refractivity contribution in [3.05, 3.63) is 72.1 Å². The Kier molecular flexibility index (Phi) is 6.71. The van der Waals surface area contributed by atoms with Crippen molar-refractivity contribution in [3.63, 3.8) is 0 Å². The Morgan fingerprint density at radius 1 is 0.974 bits per heavy atom. The van der Waals surface area contributed by atoms with Crippen LogP contribution in [0.25, 0.3) is 22.5 Å². The Hall–Kier alpha value is -4.29. The summed E-state index contributed by atoms with van der Waals surface area (Å²) in [6, 6.07) is 17.0. The monoisotopic (exact) mass is 505 g/mol. The standard InChI is InChI=1S/C29H31N9/c30-18-25-32-14-10-24(35-25)34-22-11-16-37(17-12-22)19-20-6-8-21(9-7-20)28-27(23-4-3-13-33-29(23)31)36-26-5-1-2-15-38(26)28/h3-4,6-10,13-14,22H,1-2,5,11-12,15-17,19H2,(H2,31,33)(H,32,34,35). The average Bonchev–Trinajstić information content (AvgIpc) is 3.34. The Morgan fingerprint density at radius 3 is 2.61 bits per heavy atom. The van der Waals surface area contributed by atoms with Crippen molar-refractivity contribution >= 4 is 11.6 Å². The number of piperidine rings is 1. The van der Waals surface area contributed by atoms with Crippen molar-refractivity contribution in [2.45, 2.75) is 51.2 Å². The minimum Gasteiger partial charge on any atom is -0.383 e. The van der Waals surface area contributed by atoms with Crippen molar-refractivity contribution in [1.29, 1.82) is 5.26 Å². The summed E-state index contributed by atoms with van der Waals surface area (Å²) in [6.45, 7) is 3.92. The van der Waals surface area contributed by atoms with Crippen LogP contribution >= 0.6 is 0 Å². The summed E-state index contributed by atoms with van der Waals surface area (Å²) in [5.74, 6) is 2.57. The number of hydrogen-bond acceptors (Lipinski definition) is 8. The van der Waals surface area contributed by atoms with Crippen molar-refractivity contribution in [2.75, 3.05) is 24.1 Å². The van der Waals surface area contributed by atoms with Gasteiger partial charge in [-0.2, -0.15) is 5.26 Å². The molecule has 0 atom stereocenters. The smallest absolute Gasteiger partial charge is 0.234 e. The van der Waals surface area contributed by atoms with Gasteiger partial charge in [-0.15, -0.1) is 0 Å². The molecular formula is C29H31N9. The quantitative estimate of drug-likeness (QED) is 0.398. The molecule has 4 aromatic rings. The number of nitrogens with two attached hydrogens (primary N) is 1. The molecule has 1 aromatic carbocycles. The third-order valence-electron chi connectivity index (χ3n) is 7.50. The zero-order chi connectivity index (χ0) is 25.9. The molecule has 0 radical (unpaired) electrons. The van der Waals surface area contributed by atoms with E-state index in [9.17, 15) is 0 Å². The van der Waals surface area contributed by atoms with Gasteiger partial charge in [0, 0.05) is 62.2 Å². The van der Waals surface area contributed by atoms with Crippen LogP contribution < -0.4 is 11.1 Å². The molecule has 2 aliphatic heterocycles. The first-order chi connectivity index (χ1) is 18.7. The minimum atomic E-state index is 0.198. The molecular weight excluding hydrogens is 474 g/mol. The van der Waals surface area contributed by atoms with E-state index in [4.69, 9.17) is 16.0 Å². The Labute approximate surface area is 222 Å². The van der Waals surface area contributed by atoms with E-state index in [0.717, 1.165) is 86.0 Å². The van der Waals surface area contributed by atoms with Gasteiger partial charge >= 0.3 is 0 Å². The molecule has 192 valence electrons. The van der Waals surface area contributed by atoms with Gasteiger partial charge in [-0.05, 0) is 49.4 Å². The fourth-order valence-corrected chi connectivity index (χ4v) is 5.55.